The van der Waals surface area contributed by atoms with Crippen molar-refractivity contribution >= 4 is 5.97 Å². The zero-order chi connectivity index (χ0) is 16.1. The van der Waals surface area contributed by atoms with E-state index < -0.39 is 0 Å². The quantitative estimate of drug-likeness (QED) is 0.457. The van der Waals surface area contributed by atoms with Crippen molar-refractivity contribution in [1.29, 1.82) is 0 Å². The van der Waals surface area contributed by atoms with E-state index in [4.69, 9.17) is 4.74 Å². The van der Waals surface area contributed by atoms with E-state index in [-0.39, 0.29) is 5.97 Å². The lowest BCUT2D eigenvalue weighted by atomic mass is 9.97. The Morgan fingerprint density at radius 1 is 1.04 bits per heavy atom. The first kappa shape index (κ1) is 15.8. The molecule has 2 heteroatoms. The average molecular weight is 308 g/mol. The first-order valence-corrected chi connectivity index (χ1v) is 8.64. The highest BCUT2D eigenvalue weighted by atomic mass is 16.5. The second-order valence-electron chi connectivity index (χ2n) is 6.20. The number of hydrogen-bond donors (Lipinski definition) is 0. The van der Waals surface area contributed by atoms with Crippen molar-refractivity contribution in [1.82, 2.24) is 0 Å². The van der Waals surface area contributed by atoms with E-state index >= 15 is 0 Å². The summed E-state index contributed by atoms with van der Waals surface area (Å²) in [7, 11) is 0. The largest absolute Gasteiger partial charge is 0.466 e. The summed E-state index contributed by atoms with van der Waals surface area (Å²) in [5.41, 5.74) is 6.95. The van der Waals surface area contributed by atoms with Crippen LogP contribution in [-0.4, -0.2) is 12.6 Å². The van der Waals surface area contributed by atoms with Gasteiger partial charge in [-0.05, 0) is 53.5 Å². The second kappa shape index (κ2) is 7.45. The minimum absolute atomic E-state index is 0.0608. The highest BCUT2D eigenvalue weighted by Gasteiger charge is 2.20. The molecule has 0 N–H and O–H groups in total. The smallest absolute Gasteiger partial charge is 0.305 e. The van der Waals surface area contributed by atoms with Gasteiger partial charge in [0, 0.05) is 6.42 Å². The zero-order valence-corrected chi connectivity index (χ0v) is 13.8. The van der Waals surface area contributed by atoms with Crippen LogP contribution in [0.3, 0.4) is 0 Å². The predicted molar refractivity (Wildman–Crippen MR) is 93.5 cm³/mol. The molecule has 0 aliphatic heterocycles. The molecule has 0 aromatic heterocycles. The molecule has 2 aromatic rings. The molecule has 0 bridgehead atoms. The zero-order valence-electron chi connectivity index (χ0n) is 13.8. The summed E-state index contributed by atoms with van der Waals surface area (Å²) in [6.45, 7) is 2.66. The Balaban J connectivity index is 1.60. The number of unbranched alkanes of at least 4 members (excludes halogenated alkanes) is 1. The average Bonchev–Trinajstić information content (AvgIpc) is 2.95. The molecule has 3 rings (SSSR count). The van der Waals surface area contributed by atoms with Crippen LogP contribution >= 0.6 is 0 Å². The monoisotopic (exact) mass is 308 g/mol. The van der Waals surface area contributed by atoms with Gasteiger partial charge in [-0.3, -0.25) is 4.79 Å². The molecular weight excluding hydrogens is 284 g/mol. The fourth-order valence-corrected chi connectivity index (χ4v) is 3.28. The van der Waals surface area contributed by atoms with Gasteiger partial charge in [0.1, 0.15) is 0 Å². The van der Waals surface area contributed by atoms with Gasteiger partial charge in [-0.2, -0.15) is 0 Å². The number of carbonyl (C=O) groups excluding carboxylic acids is 1. The summed E-state index contributed by atoms with van der Waals surface area (Å²) in [6.07, 6.45) is 5.35. The Labute approximate surface area is 138 Å². The van der Waals surface area contributed by atoms with Gasteiger partial charge in [0.05, 0.1) is 6.61 Å². The van der Waals surface area contributed by atoms with Crippen molar-refractivity contribution in [3.8, 4) is 11.1 Å². The number of esters is 1. The van der Waals surface area contributed by atoms with E-state index in [0.29, 0.717) is 13.0 Å². The van der Waals surface area contributed by atoms with Crippen LogP contribution in [-0.2, 0) is 22.4 Å². The standard InChI is InChI=1S/C21H24O2/c1-2-3-14-23-21(22)13-7-10-16-9-6-12-19-18-11-5-4-8-17(18)15-20(16)19/h4-6,8-9,11-12H,2-3,7,10,13-15H2,1H3. The first-order chi connectivity index (χ1) is 11.3. The summed E-state index contributed by atoms with van der Waals surface area (Å²) in [6, 6.07) is 15.2. The van der Waals surface area contributed by atoms with Crippen LogP contribution in [0.25, 0.3) is 11.1 Å². The highest BCUT2D eigenvalue weighted by molar-refractivity contribution is 5.77. The summed E-state index contributed by atoms with van der Waals surface area (Å²) >= 11 is 0. The van der Waals surface area contributed by atoms with Gasteiger partial charge in [0.25, 0.3) is 0 Å². The Kier molecular flexibility index (Phi) is 5.12. The van der Waals surface area contributed by atoms with Gasteiger partial charge < -0.3 is 4.74 Å². The van der Waals surface area contributed by atoms with Crippen molar-refractivity contribution < 1.29 is 9.53 Å². The summed E-state index contributed by atoms with van der Waals surface area (Å²) in [5, 5.41) is 0. The van der Waals surface area contributed by atoms with Crippen LogP contribution in [0.2, 0.25) is 0 Å². The minimum Gasteiger partial charge on any atom is -0.466 e. The van der Waals surface area contributed by atoms with Crippen molar-refractivity contribution in [2.24, 2.45) is 0 Å². The van der Waals surface area contributed by atoms with Crippen molar-refractivity contribution in [3.63, 3.8) is 0 Å². The van der Waals surface area contributed by atoms with Crippen molar-refractivity contribution in [3.05, 3.63) is 59.2 Å². The van der Waals surface area contributed by atoms with Gasteiger partial charge in [-0.15, -0.1) is 0 Å². The molecule has 0 saturated heterocycles. The third-order valence-electron chi connectivity index (χ3n) is 4.54. The Hall–Kier alpha value is -2.09. The number of aryl methyl sites for hydroxylation is 1. The van der Waals surface area contributed by atoms with E-state index in [0.717, 1.165) is 32.1 Å². The fraction of sp³-hybridized carbons (Fsp3) is 0.381. The SMILES string of the molecule is CCCCOC(=O)CCCc1cccc2c1Cc1ccccc1-2. The maximum atomic E-state index is 11.7. The van der Waals surface area contributed by atoms with Gasteiger partial charge >= 0.3 is 5.97 Å². The molecule has 0 unspecified atom stereocenters. The van der Waals surface area contributed by atoms with Crippen LogP contribution in [0.15, 0.2) is 42.5 Å². The highest BCUT2D eigenvalue weighted by Crippen LogP contribution is 2.38. The number of fused-ring (bicyclic) bond motifs is 3. The molecule has 0 radical (unpaired) electrons. The lowest BCUT2D eigenvalue weighted by molar-refractivity contribution is -0.143. The van der Waals surface area contributed by atoms with E-state index in [1.54, 1.807) is 0 Å². The molecule has 0 saturated carbocycles. The molecular formula is C21H24O2. The van der Waals surface area contributed by atoms with Gasteiger partial charge in [-0.25, -0.2) is 0 Å². The summed E-state index contributed by atoms with van der Waals surface area (Å²) in [5.74, 6) is -0.0608. The lowest BCUT2D eigenvalue weighted by Gasteiger charge is -2.09. The number of ether oxygens (including phenoxy) is 1. The summed E-state index contributed by atoms with van der Waals surface area (Å²) in [4.78, 5) is 11.7. The number of hydrogen-bond acceptors (Lipinski definition) is 2. The molecule has 120 valence electrons. The van der Waals surface area contributed by atoms with Gasteiger partial charge in [-0.1, -0.05) is 55.8 Å². The Morgan fingerprint density at radius 3 is 2.74 bits per heavy atom. The van der Waals surface area contributed by atoms with Crippen molar-refractivity contribution in [2.75, 3.05) is 6.61 Å². The molecule has 1 aliphatic rings. The molecule has 0 heterocycles. The predicted octanol–water partition coefficient (Wildman–Crippen LogP) is 4.92. The molecule has 0 atom stereocenters. The molecule has 0 amide bonds. The molecule has 23 heavy (non-hydrogen) atoms. The van der Waals surface area contributed by atoms with Crippen LogP contribution in [0.5, 0.6) is 0 Å². The molecule has 0 fully saturated rings. The normalized spacial score (nSPS) is 11.9. The number of benzene rings is 2. The maximum absolute atomic E-state index is 11.7. The van der Waals surface area contributed by atoms with E-state index in [1.165, 1.54) is 27.8 Å². The van der Waals surface area contributed by atoms with E-state index in [2.05, 4.69) is 49.4 Å². The lowest BCUT2D eigenvalue weighted by Crippen LogP contribution is -2.06. The summed E-state index contributed by atoms with van der Waals surface area (Å²) < 4.78 is 5.22. The molecule has 1 aliphatic carbocycles. The van der Waals surface area contributed by atoms with E-state index in [1.807, 2.05) is 0 Å². The molecule has 2 nitrogen and oxygen atoms in total. The molecule has 2 aromatic carbocycles. The van der Waals surface area contributed by atoms with Crippen LogP contribution in [0.4, 0.5) is 0 Å². The maximum Gasteiger partial charge on any atom is 0.305 e. The minimum atomic E-state index is -0.0608. The Bertz CT molecular complexity index is 688. The molecule has 0 spiro atoms. The van der Waals surface area contributed by atoms with Crippen LogP contribution in [0, 0.1) is 0 Å². The number of rotatable bonds is 7. The van der Waals surface area contributed by atoms with Crippen LogP contribution < -0.4 is 0 Å². The van der Waals surface area contributed by atoms with E-state index in [9.17, 15) is 4.79 Å². The number of carbonyl (C=O) groups is 1. The Morgan fingerprint density at radius 2 is 1.87 bits per heavy atom. The third kappa shape index (κ3) is 3.64. The van der Waals surface area contributed by atoms with Gasteiger partial charge in [0.15, 0.2) is 0 Å². The second-order valence-corrected chi connectivity index (χ2v) is 6.20. The topological polar surface area (TPSA) is 26.3 Å². The fourth-order valence-electron chi connectivity index (χ4n) is 3.28. The first-order valence-electron chi connectivity index (χ1n) is 8.64. The van der Waals surface area contributed by atoms with Crippen molar-refractivity contribution in [2.45, 2.75) is 45.4 Å². The van der Waals surface area contributed by atoms with Crippen LogP contribution in [0.1, 0.15) is 49.3 Å². The third-order valence-corrected chi connectivity index (χ3v) is 4.54. The van der Waals surface area contributed by atoms with Gasteiger partial charge in [0.2, 0.25) is 0 Å².